The first-order valence-corrected chi connectivity index (χ1v) is 5.77. The Morgan fingerprint density at radius 3 is 3.06 bits per heavy atom. The Labute approximate surface area is 99.3 Å². The van der Waals surface area contributed by atoms with E-state index in [1.165, 1.54) is 6.07 Å². The van der Waals surface area contributed by atoms with Crippen LogP contribution in [0, 0.1) is 5.82 Å². The van der Waals surface area contributed by atoms with Crippen LogP contribution in [0.15, 0.2) is 30.5 Å². The average Bonchev–Trinajstić information content (AvgIpc) is 2.88. The van der Waals surface area contributed by atoms with Crippen molar-refractivity contribution in [3.8, 4) is 0 Å². The molecule has 0 amide bonds. The first kappa shape index (κ1) is 10.3. The van der Waals surface area contributed by atoms with Gasteiger partial charge >= 0.3 is 0 Å². The van der Waals surface area contributed by atoms with Gasteiger partial charge in [-0.05, 0) is 30.0 Å². The van der Waals surface area contributed by atoms with Crippen LogP contribution >= 0.6 is 0 Å². The van der Waals surface area contributed by atoms with Crippen molar-refractivity contribution >= 4 is 5.82 Å². The Morgan fingerprint density at radius 1 is 1.41 bits per heavy atom. The number of fused-ring (bicyclic) bond motifs is 1. The van der Waals surface area contributed by atoms with Crippen LogP contribution in [0.3, 0.4) is 0 Å². The highest BCUT2D eigenvalue weighted by Gasteiger charge is 2.24. The number of halogens is 1. The molecular formula is C13H14FN3. The van der Waals surface area contributed by atoms with Crippen LogP contribution in [0.1, 0.15) is 23.6 Å². The molecule has 17 heavy (non-hydrogen) atoms. The van der Waals surface area contributed by atoms with E-state index >= 15 is 0 Å². The first-order chi connectivity index (χ1) is 8.24. The van der Waals surface area contributed by atoms with Crippen LogP contribution in [0.5, 0.6) is 0 Å². The molecular weight excluding hydrogens is 217 g/mol. The van der Waals surface area contributed by atoms with Gasteiger partial charge < -0.3 is 5.32 Å². The van der Waals surface area contributed by atoms with Crippen molar-refractivity contribution in [2.75, 3.05) is 5.32 Å². The second kappa shape index (κ2) is 3.87. The zero-order valence-electron chi connectivity index (χ0n) is 9.65. The maximum atomic E-state index is 13.6. The number of hydrogen-bond donors (Lipinski definition) is 1. The van der Waals surface area contributed by atoms with Crippen LogP contribution in [0.4, 0.5) is 10.2 Å². The van der Waals surface area contributed by atoms with E-state index in [1.54, 1.807) is 10.7 Å². The molecule has 1 aromatic carbocycles. The molecule has 1 unspecified atom stereocenters. The molecule has 3 rings (SSSR count). The third-order valence-corrected chi connectivity index (χ3v) is 3.25. The Bertz CT molecular complexity index is 547. The van der Waals surface area contributed by atoms with Gasteiger partial charge in [0.05, 0.1) is 6.04 Å². The fourth-order valence-electron chi connectivity index (χ4n) is 2.43. The van der Waals surface area contributed by atoms with Crippen molar-refractivity contribution in [2.45, 2.75) is 18.9 Å². The molecule has 1 aliphatic carbocycles. The van der Waals surface area contributed by atoms with Crippen molar-refractivity contribution in [3.63, 3.8) is 0 Å². The number of benzene rings is 1. The van der Waals surface area contributed by atoms with Gasteiger partial charge in [0.25, 0.3) is 0 Å². The summed E-state index contributed by atoms with van der Waals surface area (Å²) in [5.41, 5.74) is 1.91. The largest absolute Gasteiger partial charge is 0.362 e. The molecule has 3 nitrogen and oxygen atoms in total. The average molecular weight is 231 g/mol. The van der Waals surface area contributed by atoms with Crippen molar-refractivity contribution in [1.82, 2.24) is 9.78 Å². The standard InChI is InChI=1S/C13H14FN3/c1-17-8-7-13(16-17)15-12-6-5-9-10(12)3-2-4-11(9)14/h2-4,7-8,12H,5-6H2,1H3,(H,15,16). The van der Waals surface area contributed by atoms with Crippen LogP contribution < -0.4 is 5.32 Å². The Morgan fingerprint density at radius 2 is 2.29 bits per heavy atom. The Kier molecular flexibility index (Phi) is 2.35. The Hall–Kier alpha value is -1.84. The van der Waals surface area contributed by atoms with Crippen molar-refractivity contribution < 1.29 is 4.39 Å². The monoisotopic (exact) mass is 231 g/mol. The lowest BCUT2D eigenvalue weighted by Crippen LogP contribution is -2.08. The lowest BCUT2D eigenvalue weighted by atomic mass is 10.1. The molecule has 88 valence electrons. The number of aromatic nitrogens is 2. The predicted molar refractivity (Wildman–Crippen MR) is 64.3 cm³/mol. The summed E-state index contributed by atoms with van der Waals surface area (Å²) >= 11 is 0. The fourth-order valence-corrected chi connectivity index (χ4v) is 2.43. The quantitative estimate of drug-likeness (QED) is 0.861. The van der Waals surface area contributed by atoms with Crippen molar-refractivity contribution in [1.29, 1.82) is 0 Å². The number of rotatable bonds is 2. The molecule has 1 aliphatic rings. The van der Waals surface area contributed by atoms with Crippen LogP contribution in [-0.4, -0.2) is 9.78 Å². The molecule has 1 N–H and O–H groups in total. The van der Waals surface area contributed by atoms with Crippen LogP contribution in [-0.2, 0) is 13.5 Å². The van der Waals surface area contributed by atoms with Gasteiger partial charge in [-0.2, -0.15) is 5.10 Å². The second-order valence-corrected chi connectivity index (χ2v) is 4.42. The SMILES string of the molecule is Cn1ccc(NC2CCc3c(F)cccc32)n1. The maximum absolute atomic E-state index is 13.6. The predicted octanol–water partition coefficient (Wildman–Crippen LogP) is 2.66. The van der Waals surface area contributed by atoms with E-state index in [0.717, 1.165) is 29.8 Å². The minimum absolute atomic E-state index is 0.0900. The van der Waals surface area contributed by atoms with E-state index in [4.69, 9.17) is 0 Å². The summed E-state index contributed by atoms with van der Waals surface area (Å²) in [5.74, 6) is 0.752. The summed E-state index contributed by atoms with van der Waals surface area (Å²) in [4.78, 5) is 0. The van der Waals surface area contributed by atoms with Gasteiger partial charge in [-0.3, -0.25) is 4.68 Å². The summed E-state index contributed by atoms with van der Waals surface area (Å²) in [6, 6.07) is 7.40. The Balaban J connectivity index is 1.86. The summed E-state index contributed by atoms with van der Waals surface area (Å²) < 4.78 is 15.3. The molecule has 0 spiro atoms. The normalized spacial score (nSPS) is 18.1. The summed E-state index contributed by atoms with van der Waals surface area (Å²) in [5, 5.41) is 7.63. The molecule has 4 heteroatoms. The molecule has 0 fully saturated rings. The zero-order chi connectivity index (χ0) is 11.8. The third kappa shape index (κ3) is 1.79. The molecule has 1 atom stereocenters. The molecule has 2 aromatic rings. The van der Waals surface area contributed by atoms with E-state index in [1.807, 2.05) is 25.4 Å². The van der Waals surface area contributed by atoms with E-state index in [2.05, 4.69) is 10.4 Å². The highest BCUT2D eigenvalue weighted by molar-refractivity contribution is 5.43. The summed E-state index contributed by atoms with van der Waals surface area (Å²) in [7, 11) is 1.88. The highest BCUT2D eigenvalue weighted by atomic mass is 19.1. The van der Waals surface area contributed by atoms with Gasteiger partial charge in [-0.1, -0.05) is 12.1 Å². The van der Waals surface area contributed by atoms with Crippen molar-refractivity contribution in [3.05, 3.63) is 47.4 Å². The number of anilines is 1. The minimum atomic E-state index is -0.0900. The van der Waals surface area contributed by atoms with Gasteiger partial charge in [0.2, 0.25) is 0 Å². The number of nitrogens with zero attached hydrogens (tertiary/aromatic N) is 2. The zero-order valence-corrected chi connectivity index (χ0v) is 9.65. The van der Waals surface area contributed by atoms with Gasteiger partial charge in [0.15, 0.2) is 0 Å². The van der Waals surface area contributed by atoms with Gasteiger partial charge in [0, 0.05) is 19.3 Å². The van der Waals surface area contributed by atoms with Gasteiger partial charge in [0.1, 0.15) is 11.6 Å². The second-order valence-electron chi connectivity index (χ2n) is 4.42. The number of nitrogens with one attached hydrogen (secondary N) is 1. The number of aryl methyl sites for hydroxylation is 1. The molecule has 0 saturated carbocycles. The molecule has 0 saturated heterocycles. The van der Waals surface area contributed by atoms with E-state index in [9.17, 15) is 4.39 Å². The lowest BCUT2D eigenvalue weighted by Gasteiger charge is -2.13. The minimum Gasteiger partial charge on any atom is -0.362 e. The lowest BCUT2D eigenvalue weighted by molar-refractivity contribution is 0.612. The molecule has 0 aliphatic heterocycles. The number of hydrogen-bond acceptors (Lipinski definition) is 2. The molecule has 0 radical (unpaired) electrons. The first-order valence-electron chi connectivity index (χ1n) is 5.77. The molecule has 0 bridgehead atoms. The van der Waals surface area contributed by atoms with Gasteiger partial charge in [-0.25, -0.2) is 4.39 Å². The maximum Gasteiger partial charge on any atom is 0.148 e. The van der Waals surface area contributed by atoms with E-state index in [0.29, 0.717) is 0 Å². The fraction of sp³-hybridized carbons (Fsp3) is 0.308. The molecule has 1 aromatic heterocycles. The topological polar surface area (TPSA) is 29.9 Å². The summed E-state index contributed by atoms with van der Waals surface area (Å²) in [6.07, 6.45) is 3.61. The summed E-state index contributed by atoms with van der Waals surface area (Å²) in [6.45, 7) is 0. The molecule has 1 heterocycles. The van der Waals surface area contributed by atoms with Gasteiger partial charge in [-0.15, -0.1) is 0 Å². The third-order valence-electron chi connectivity index (χ3n) is 3.25. The van der Waals surface area contributed by atoms with E-state index < -0.39 is 0 Å². The van der Waals surface area contributed by atoms with Crippen LogP contribution in [0.25, 0.3) is 0 Å². The van der Waals surface area contributed by atoms with E-state index in [-0.39, 0.29) is 11.9 Å². The highest BCUT2D eigenvalue weighted by Crippen LogP contribution is 2.34. The smallest absolute Gasteiger partial charge is 0.148 e. The van der Waals surface area contributed by atoms with Crippen molar-refractivity contribution in [2.24, 2.45) is 7.05 Å². The van der Waals surface area contributed by atoms with Crippen LogP contribution in [0.2, 0.25) is 0 Å².